The first-order valence-electron chi connectivity index (χ1n) is 5.19. The highest BCUT2D eigenvalue weighted by molar-refractivity contribution is 6.18. The summed E-state index contributed by atoms with van der Waals surface area (Å²) in [5.41, 5.74) is 1.23. The number of hydrogen-bond donors (Lipinski definition) is 0. The molecule has 82 valence electrons. The molecule has 0 spiro atoms. The second-order valence-electron chi connectivity index (χ2n) is 3.81. The monoisotopic (exact) mass is 226 g/mol. The van der Waals surface area contributed by atoms with Crippen LogP contribution in [-0.4, -0.2) is 24.9 Å². The molecule has 0 bridgehead atoms. The highest BCUT2D eigenvalue weighted by Crippen LogP contribution is 2.27. The minimum atomic E-state index is -0.156. The molecule has 3 atom stereocenters. The topological polar surface area (TPSA) is 18.5 Å². The number of benzene rings is 1. The van der Waals surface area contributed by atoms with Crippen LogP contribution in [0.3, 0.4) is 0 Å². The normalized spacial score (nSPS) is 27.9. The van der Waals surface area contributed by atoms with Crippen LogP contribution in [0.15, 0.2) is 30.3 Å². The van der Waals surface area contributed by atoms with Gasteiger partial charge in [0.15, 0.2) is 6.29 Å². The van der Waals surface area contributed by atoms with E-state index in [0.29, 0.717) is 12.5 Å². The van der Waals surface area contributed by atoms with Crippen molar-refractivity contribution in [2.75, 3.05) is 12.5 Å². The molecule has 15 heavy (non-hydrogen) atoms. The van der Waals surface area contributed by atoms with Gasteiger partial charge in [-0.3, -0.25) is 0 Å². The number of hydrogen-bond acceptors (Lipinski definition) is 2. The fourth-order valence-electron chi connectivity index (χ4n) is 1.73. The molecule has 1 aliphatic rings. The summed E-state index contributed by atoms with van der Waals surface area (Å²) in [7, 11) is 0. The molecule has 1 fully saturated rings. The zero-order valence-electron chi connectivity index (χ0n) is 8.73. The Kier molecular flexibility index (Phi) is 3.62. The van der Waals surface area contributed by atoms with Gasteiger partial charge >= 0.3 is 0 Å². The highest BCUT2D eigenvalue weighted by Gasteiger charge is 2.30. The molecule has 0 aliphatic carbocycles. The molecule has 0 N–H and O–H groups in total. The van der Waals surface area contributed by atoms with E-state index < -0.39 is 0 Å². The molecule has 1 aromatic rings. The van der Waals surface area contributed by atoms with Crippen molar-refractivity contribution >= 4 is 11.6 Å². The third-order valence-corrected chi connectivity index (χ3v) is 3.02. The van der Waals surface area contributed by atoms with Crippen LogP contribution in [0.2, 0.25) is 0 Å². The molecular formula is C12H15ClO2. The van der Waals surface area contributed by atoms with Crippen LogP contribution < -0.4 is 0 Å². The van der Waals surface area contributed by atoms with Gasteiger partial charge in [-0.25, -0.2) is 0 Å². The molecule has 0 saturated carbocycles. The van der Waals surface area contributed by atoms with Gasteiger partial charge in [0, 0.05) is 5.92 Å². The molecule has 1 aliphatic heterocycles. The lowest BCUT2D eigenvalue weighted by molar-refractivity contribution is -0.0686. The van der Waals surface area contributed by atoms with Gasteiger partial charge in [0.25, 0.3) is 0 Å². The second kappa shape index (κ2) is 4.97. The first-order chi connectivity index (χ1) is 7.31. The lowest BCUT2D eigenvalue weighted by Gasteiger charge is -2.18. The van der Waals surface area contributed by atoms with E-state index in [1.165, 1.54) is 5.56 Å². The molecule has 0 amide bonds. The molecule has 0 unspecified atom stereocenters. The Balaban J connectivity index is 2.00. The van der Waals surface area contributed by atoms with Gasteiger partial charge in [0.2, 0.25) is 0 Å². The molecule has 2 rings (SSSR count). The van der Waals surface area contributed by atoms with Crippen LogP contribution in [0, 0.1) is 0 Å². The third-order valence-electron chi connectivity index (χ3n) is 2.68. The standard InChI is InChI=1S/C12H15ClO2/c1-9(10-5-3-2-4-6-10)12-14-8-11(7-13)15-12/h2-6,9,11-12H,7-8H2,1H3/t9-,11-,12-/m0/s1. The summed E-state index contributed by atoms with van der Waals surface area (Å²) in [6.45, 7) is 2.71. The SMILES string of the molecule is C[C@@H](c1ccccc1)[C@H]1OC[C@H](CCl)O1. The van der Waals surface area contributed by atoms with Gasteiger partial charge in [0.1, 0.15) is 0 Å². The average Bonchev–Trinajstić information content (AvgIpc) is 2.78. The predicted octanol–water partition coefficient (Wildman–Crippen LogP) is 2.77. The smallest absolute Gasteiger partial charge is 0.164 e. The molecule has 2 nitrogen and oxygen atoms in total. The number of alkyl halides is 1. The summed E-state index contributed by atoms with van der Waals surface area (Å²) in [6, 6.07) is 10.2. The van der Waals surface area contributed by atoms with E-state index in [4.69, 9.17) is 21.1 Å². The maximum Gasteiger partial charge on any atom is 0.164 e. The van der Waals surface area contributed by atoms with Crippen molar-refractivity contribution in [2.45, 2.75) is 25.2 Å². The highest BCUT2D eigenvalue weighted by atomic mass is 35.5. The molecule has 1 heterocycles. The van der Waals surface area contributed by atoms with Gasteiger partial charge in [-0.15, -0.1) is 11.6 Å². The first-order valence-corrected chi connectivity index (χ1v) is 5.72. The van der Waals surface area contributed by atoms with Crippen molar-refractivity contribution in [3.8, 4) is 0 Å². The van der Waals surface area contributed by atoms with E-state index >= 15 is 0 Å². The van der Waals surface area contributed by atoms with Crippen molar-refractivity contribution in [1.29, 1.82) is 0 Å². The molecule has 3 heteroatoms. The van der Waals surface area contributed by atoms with Gasteiger partial charge in [-0.1, -0.05) is 37.3 Å². The quantitative estimate of drug-likeness (QED) is 0.738. The maximum atomic E-state index is 5.72. The number of rotatable bonds is 3. The van der Waals surface area contributed by atoms with Crippen molar-refractivity contribution < 1.29 is 9.47 Å². The molecule has 0 radical (unpaired) electrons. The molecular weight excluding hydrogens is 212 g/mol. The van der Waals surface area contributed by atoms with Crippen LogP contribution in [0.1, 0.15) is 18.4 Å². The van der Waals surface area contributed by atoms with E-state index in [0.717, 1.165) is 0 Å². The van der Waals surface area contributed by atoms with Crippen LogP contribution >= 0.6 is 11.6 Å². The Morgan fingerprint density at radius 2 is 2.13 bits per heavy atom. The van der Waals surface area contributed by atoms with Crippen molar-refractivity contribution in [3.63, 3.8) is 0 Å². The predicted molar refractivity (Wildman–Crippen MR) is 60.2 cm³/mol. The first kappa shape index (κ1) is 10.9. The summed E-state index contributed by atoms with van der Waals surface area (Å²) in [4.78, 5) is 0. The Morgan fingerprint density at radius 3 is 2.73 bits per heavy atom. The van der Waals surface area contributed by atoms with E-state index in [2.05, 4.69) is 19.1 Å². The van der Waals surface area contributed by atoms with Crippen LogP contribution in [0.25, 0.3) is 0 Å². The van der Waals surface area contributed by atoms with Gasteiger partial charge in [0.05, 0.1) is 18.6 Å². The van der Waals surface area contributed by atoms with E-state index in [9.17, 15) is 0 Å². The summed E-state index contributed by atoms with van der Waals surface area (Å²) in [5, 5.41) is 0. The van der Waals surface area contributed by atoms with Crippen LogP contribution in [0.4, 0.5) is 0 Å². The summed E-state index contributed by atoms with van der Waals surface area (Å²) in [5.74, 6) is 0.747. The lowest BCUT2D eigenvalue weighted by atomic mass is 10.0. The summed E-state index contributed by atoms with van der Waals surface area (Å²) in [6.07, 6.45) is -0.112. The molecule has 1 saturated heterocycles. The Hall–Kier alpha value is -0.570. The minimum absolute atomic E-state index is 0.0443. The summed E-state index contributed by atoms with van der Waals surface area (Å²) < 4.78 is 11.2. The van der Waals surface area contributed by atoms with Crippen molar-refractivity contribution in [1.82, 2.24) is 0 Å². The second-order valence-corrected chi connectivity index (χ2v) is 4.12. The van der Waals surface area contributed by atoms with E-state index in [1.54, 1.807) is 0 Å². The average molecular weight is 227 g/mol. The third kappa shape index (κ3) is 2.51. The van der Waals surface area contributed by atoms with E-state index in [1.807, 2.05) is 18.2 Å². The lowest BCUT2D eigenvalue weighted by Crippen LogP contribution is -2.19. The largest absolute Gasteiger partial charge is 0.349 e. The zero-order valence-corrected chi connectivity index (χ0v) is 9.48. The molecule has 1 aromatic carbocycles. The van der Waals surface area contributed by atoms with Gasteiger partial charge in [-0.05, 0) is 5.56 Å². The van der Waals surface area contributed by atoms with Gasteiger partial charge < -0.3 is 9.47 Å². The Labute approximate surface area is 95.1 Å². The van der Waals surface area contributed by atoms with Gasteiger partial charge in [-0.2, -0.15) is 0 Å². The summed E-state index contributed by atoms with van der Waals surface area (Å²) >= 11 is 5.72. The maximum absolute atomic E-state index is 5.72. The fourth-order valence-corrected chi connectivity index (χ4v) is 1.89. The Morgan fingerprint density at radius 1 is 1.40 bits per heavy atom. The van der Waals surface area contributed by atoms with E-state index in [-0.39, 0.29) is 18.3 Å². The minimum Gasteiger partial charge on any atom is -0.349 e. The van der Waals surface area contributed by atoms with Crippen LogP contribution in [0.5, 0.6) is 0 Å². The number of halogens is 1. The molecule has 0 aromatic heterocycles. The number of ether oxygens (including phenoxy) is 2. The van der Waals surface area contributed by atoms with Crippen molar-refractivity contribution in [2.24, 2.45) is 0 Å². The Bertz CT molecular complexity index is 302. The zero-order chi connectivity index (χ0) is 10.7. The fraction of sp³-hybridized carbons (Fsp3) is 0.500. The van der Waals surface area contributed by atoms with Crippen LogP contribution in [-0.2, 0) is 9.47 Å². The van der Waals surface area contributed by atoms with Crippen molar-refractivity contribution in [3.05, 3.63) is 35.9 Å².